The fourth-order valence-electron chi connectivity index (χ4n) is 11.0. The second-order valence-corrected chi connectivity index (χ2v) is 18.7. The number of benzene rings is 10. The second-order valence-electron chi connectivity index (χ2n) is 18.7. The molecule has 2 nitrogen and oxygen atoms in total. The summed E-state index contributed by atoms with van der Waals surface area (Å²) in [6.45, 7) is 0. The lowest BCUT2D eigenvalue weighted by Crippen LogP contribution is -2.50. The van der Waals surface area contributed by atoms with E-state index in [0.717, 1.165) is 44.1 Å². The molecular weight excluding hydrogens is 813 g/mol. The molecule has 0 saturated carbocycles. The third kappa shape index (κ3) is 7.17. The van der Waals surface area contributed by atoms with E-state index >= 15 is 0 Å². The Hall–Kier alpha value is -7.42. The number of hydrogen-bond acceptors (Lipinski definition) is 2. The third-order valence-corrected chi connectivity index (χ3v) is 15.0. The van der Waals surface area contributed by atoms with E-state index in [1.165, 1.54) is 105 Å². The van der Waals surface area contributed by atoms with Gasteiger partial charge in [0.2, 0.25) is 0 Å². The van der Waals surface area contributed by atoms with Crippen LogP contribution in [0.1, 0.15) is 0 Å². The van der Waals surface area contributed by atoms with Crippen LogP contribution >= 0.6 is 0 Å². The number of furan rings is 1. The van der Waals surface area contributed by atoms with E-state index in [1.54, 1.807) is 0 Å². The maximum absolute atomic E-state index is 6.64. The van der Waals surface area contributed by atoms with Crippen LogP contribution in [0.25, 0.3) is 88.3 Å². The van der Waals surface area contributed by atoms with Crippen molar-refractivity contribution >= 4 is 156 Å². The van der Waals surface area contributed by atoms with Crippen molar-refractivity contribution in [2.24, 2.45) is 0 Å². The first-order chi connectivity index (χ1) is 33.1. The van der Waals surface area contributed by atoms with Crippen molar-refractivity contribution < 1.29 is 4.42 Å². The molecule has 0 bridgehead atoms. The summed E-state index contributed by atoms with van der Waals surface area (Å²) >= 11 is 0. The van der Waals surface area contributed by atoms with Gasteiger partial charge in [0.1, 0.15) is 73.9 Å². The van der Waals surface area contributed by atoms with Gasteiger partial charge in [-0.1, -0.05) is 195 Å². The van der Waals surface area contributed by atoms with Gasteiger partial charge in [-0.15, -0.1) is 0 Å². The van der Waals surface area contributed by atoms with Crippen molar-refractivity contribution in [3.63, 3.8) is 0 Å². The van der Waals surface area contributed by atoms with E-state index < -0.39 is 0 Å². The van der Waals surface area contributed by atoms with Gasteiger partial charge in [0.25, 0.3) is 0 Å². The Morgan fingerprint density at radius 2 is 0.779 bits per heavy atom. The molecule has 0 unspecified atom stereocenters. The molecule has 0 aliphatic rings. The van der Waals surface area contributed by atoms with Crippen molar-refractivity contribution in [2.75, 3.05) is 4.90 Å². The summed E-state index contributed by atoms with van der Waals surface area (Å²) in [5, 5.41) is 4.60. The number of anilines is 3. The van der Waals surface area contributed by atoms with E-state index in [0.29, 0.717) is 0 Å². The van der Waals surface area contributed by atoms with Crippen molar-refractivity contribution in [3.05, 3.63) is 188 Å². The summed E-state index contributed by atoms with van der Waals surface area (Å²) in [4.78, 5) is 2.58. The van der Waals surface area contributed by atoms with Gasteiger partial charge in [0.05, 0.1) is 0 Å². The van der Waals surface area contributed by atoms with Crippen molar-refractivity contribution in [1.29, 1.82) is 0 Å². The minimum atomic E-state index is 0.901. The highest BCUT2D eigenvalue weighted by molar-refractivity contribution is 6.65. The summed E-state index contributed by atoms with van der Waals surface area (Å²) in [5.41, 5.74) is 28.0. The molecule has 0 amide bonds. The van der Waals surface area contributed by atoms with Crippen LogP contribution in [0.3, 0.4) is 0 Å². The SMILES string of the molecule is Bc1c(B)c(N(c2ccc(-c3cccc4oc5c6ccccc6ccc5c34)cc2)c2c(B)c(B)c(-c3cccc(-c4ccccc4)c3)c(B)c2B)c(B)c(B)c1-c1cccc(-c2ccccc2)c1. The molecule has 11 aromatic rings. The van der Waals surface area contributed by atoms with E-state index in [-0.39, 0.29) is 0 Å². The van der Waals surface area contributed by atoms with Crippen LogP contribution in [0, 0.1) is 0 Å². The molecule has 314 valence electrons. The Kier molecular flexibility index (Phi) is 11.0. The number of nitrogens with zero attached hydrogens (tertiary/aromatic N) is 1. The highest BCUT2D eigenvalue weighted by atomic mass is 16.3. The molecule has 0 spiro atoms. The van der Waals surface area contributed by atoms with Gasteiger partial charge < -0.3 is 9.32 Å². The topological polar surface area (TPSA) is 16.4 Å². The maximum Gasteiger partial charge on any atom is 0.143 e. The zero-order valence-corrected chi connectivity index (χ0v) is 40.3. The lowest BCUT2D eigenvalue weighted by Gasteiger charge is -2.36. The maximum atomic E-state index is 6.64. The lowest BCUT2D eigenvalue weighted by atomic mass is 9.63. The molecule has 0 aliphatic carbocycles. The van der Waals surface area contributed by atoms with E-state index in [1.807, 2.05) is 0 Å². The minimum absolute atomic E-state index is 0.901. The summed E-state index contributed by atoms with van der Waals surface area (Å²) in [6, 6.07) is 68.2. The summed E-state index contributed by atoms with van der Waals surface area (Å²) in [6.07, 6.45) is 0. The van der Waals surface area contributed by atoms with Crippen LogP contribution < -0.4 is 48.6 Å². The quantitative estimate of drug-likeness (QED) is 0.219. The molecule has 11 rings (SSSR count). The van der Waals surface area contributed by atoms with Crippen molar-refractivity contribution in [2.45, 2.75) is 0 Å². The Bertz CT molecular complexity index is 3570. The minimum Gasteiger partial charge on any atom is -0.455 e. The first-order valence-corrected chi connectivity index (χ1v) is 23.8. The molecule has 68 heavy (non-hydrogen) atoms. The molecule has 10 aromatic carbocycles. The van der Waals surface area contributed by atoms with E-state index in [9.17, 15) is 0 Å². The average molecular weight is 861 g/mol. The third-order valence-electron chi connectivity index (χ3n) is 15.0. The molecule has 10 heteroatoms. The van der Waals surface area contributed by atoms with E-state index in [2.05, 4.69) is 256 Å². The molecule has 0 fully saturated rings. The van der Waals surface area contributed by atoms with Crippen LogP contribution in [-0.4, -0.2) is 62.8 Å². The molecule has 1 heterocycles. The van der Waals surface area contributed by atoms with Crippen LogP contribution in [-0.2, 0) is 0 Å². The number of rotatable bonds is 8. The van der Waals surface area contributed by atoms with Crippen molar-refractivity contribution in [3.8, 4) is 55.6 Å². The van der Waals surface area contributed by atoms with Crippen LogP contribution in [0.4, 0.5) is 17.1 Å². The zero-order chi connectivity index (χ0) is 46.8. The Labute approximate surface area is 407 Å². The highest BCUT2D eigenvalue weighted by Gasteiger charge is 2.27. The summed E-state index contributed by atoms with van der Waals surface area (Å²) < 4.78 is 6.64. The summed E-state index contributed by atoms with van der Waals surface area (Å²) in [7, 11) is 18.6. The monoisotopic (exact) mass is 861 g/mol. The molecule has 0 N–H and O–H groups in total. The van der Waals surface area contributed by atoms with Gasteiger partial charge in [-0.05, 0) is 97.4 Å². The smallest absolute Gasteiger partial charge is 0.143 e. The van der Waals surface area contributed by atoms with Gasteiger partial charge in [-0.25, -0.2) is 0 Å². The molecule has 0 radical (unpaired) electrons. The first kappa shape index (κ1) is 43.2. The van der Waals surface area contributed by atoms with Gasteiger partial charge in [-0.2, -0.15) is 0 Å². The number of hydrogen-bond donors (Lipinski definition) is 0. The standard InChI is InChI=1S/C58H47B8NO/c59-48-45(38-19-9-17-36(30-38)32-12-3-1-4-13-32)49(60)53(64)56(52(48)63)67(57-54(65)50(61)46(51(62)55(57)66)39-20-10-18-37(31-39)33-14-5-2-6-15-33)40-27-24-35(25-28-40)41-22-11-23-44-47(41)43-29-26-34-16-7-8-21-42(34)58(43)68-44/h1-31H,59-66H2. The number of fused-ring (bicyclic) bond motifs is 5. The van der Waals surface area contributed by atoms with Gasteiger partial charge in [0.15, 0.2) is 0 Å². The normalized spacial score (nSPS) is 11.4. The zero-order valence-electron chi connectivity index (χ0n) is 40.3. The fourth-order valence-corrected chi connectivity index (χ4v) is 11.0. The predicted octanol–water partition coefficient (Wildman–Crippen LogP) is 2.61. The van der Waals surface area contributed by atoms with Crippen LogP contribution in [0.2, 0.25) is 0 Å². The fraction of sp³-hybridized carbons (Fsp3) is 0. The van der Waals surface area contributed by atoms with Crippen molar-refractivity contribution in [1.82, 2.24) is 0 Å². The molecule has 0 saturated heterocycles. The first-order valence-electron chi connectivity index (χ1n) is 23.8. The Morgan fingerprint density at radius 3 is 1.31 bits per heavy atom. The van der Waals surface area contributed by atoms with Gasteiger partial charge in [0, 0.05) is 33.2 Å². The summed E-state index contributed by atoms with van der Waals surface area (Å²) in [5.74, 6) is 0. The molecular formula is C58H47B8NO. The van der Waals surface area contributed by atoms with Gasteiger partial charge >= 0.3 is 0 Å². The van der Waals surface area contributed by atoms with Gasteiger partial charge in [-0.3, -0.25) is 0 Å². The van der Waals surface area contributed by atoms with Crippen LogP contribution in [0.5, 0.6) is 0 Å². The van der Waals surface area contributed by atoms with Crippen LogP contribution in [0.15, 0.2) is 192 Å². The largest absolute Gasteiger partial charge is 0.455 e. The lowest BCUT2D eigenvalue weighted by molar-refractivity contribution is 0.673. The molecule has 0 atom stereocenters. The molecule has 0 aliphatic heterocycles. The average Bonchev–Trinajstić information content (AvgIpc) is 3.78. The predicted molar refractivity (Wildman–Crippen MR) is 319 cm³/mol. The second kappa shape index (κ2) is 17.3. The van der Waals surface area contributed by atoms with E-state index in [4.69, 9.17) is 4.42 Å². The highest BCUT2D eigenvalue weighted by Crippen LogP contribution is 2.41. The Balaban J connectivity index is 1.10. The molecule has 1 aromatic heterocycles. The Morgan fingerprint density at radius 1 is 0.324 bits per heavy atom.